The number of aromatic nitrogens is 3. The zero-order valence-electron chi connectivity index (χ0n) is 13.7. The van der Waals surface area contributed by atoms with E-state index in [1.807, 2.05) is 35.8 Å². The molecule has 0 aliphatic carbocycles. The lowest BCUT2D eigenvalue weighted by Crippen LogP contribution is -2.15. The minimum absolute atomic E-state index is 0.0964. The van der Waals surface area contributed by atoms with Gasteiger partial charge in [-0.25, -0.2) is 0 Å². The predicted octanol–water partition coefficient (Wildman–Crippen LogP) is 3.38. The predicted molar refractivity (Wildman–Crippen MR) is 92.0 cm³/mol. The largest absolute Gasteiger partial charge is 0.491 e. The molecule has 0 radical (unpaired) electrons. The number of nitrogens with zero attached hydrogens (tertiary/aromatic N) is 3. The summed E-state index contributed by atoms with van der Waals surface area (Å²) in [7, 11) is 0. The topological polar surface area (TPSA) is 69.0 Å². The van der Waals surface area contributed by atoms with E-state index in [-0.39, 0.29) is 17.7 Å². The summed E-state index contributed by atoms with van der Waals surface area (Å²) in [5.74, 6) is 0.868. The lowest BCUT2D eigenvalue weighted by Gasteiger charge is -2.12. The zero-order chi connectivity index (χ0) is 16.7. The minimum atomic E-state index is -0.0964. The van der Waals surface area contributed by atoms with E-state index in [1.54, 1.807) is 6.33 Å². The molecule has 7 heteroatoms. The van der Waals surface area contributed by atoms with Gasteiger partial charge in [-0.1, -0.05) is 30.8 Å². The first-order valence-electron chi connectivity index (χ1n) is 7.65. The summed E-state index contributed by atoms with van der Waals surface area (Å²) in [6, 6.07) is 7.72. The molecule has 0 fully saturated rings. The summed E-state index contributed by atoms with van der Waals surface area (Å²) in [5.41, 5.74) is 0.692. The number of nitrogens with one attached hydrogen (secondary N) is 1. The van der Waals surface area contributed by atoms with Gasteiger partial charge in [0.1, 0.15) is 12.1 Å². The van der Waals surface area contributed by atoms with Crippen LogP contribution in [-0.2, 0) is 4.79 Å². The van der Waals surface area contributed by atoms with Crippen molar-refractivity contribution >= 4 is 23.4 Å². The third kappa shape index (κ3) is 4.99. The van der Waals surface area contributed by atoms with E-state index in [4.69, 9.17) is 4.74 Å². The van der Waals surface area contributed by atoms with Crippen molar-refractivity contribution in [1.82, 2.24) is 14.8 Å². The molecule has 1 aromatic carbocycles. The lowest BCUT2D eigenvalue weighted by molar-refractivity contribution is -0.113. The van der Waals surface area contributed by atoms with E-state index < -0.39 is 0 Å². The molecule has 0 spiro atoms. The average molecular weight is 334 g/mol. The number of anilines is 1. The molecular weight excluding hydrogens is 312 g/mol. The highest BCUT2D eigenvalue weighted by molar-refractivity contribution is 7.99. The molecule has 2 rings (SSSR count). The first-order valence-corrected chi connectivity index (χ1v) is 8.64. The summed E-state index contributed by atoms with van der Waals surface area (Å²) in [6.07, 6.45) is 2.60. The van der Waals surface area contributed by atoms with Gasteiger partial charge in [0.05, 0.1) is 18.0 Å². The molecule has 0 atom stereocenters. The van der Waals surface area contributed by atoms with Crippen LogP contribution in [0, 0.1) is 0 Å². The van der Waals surface area contributed by atoms with E-state index >= 15 is 0 Å². The Morgan fingerprint density at radius 1 is 1.39 bits per heavy atom. The summed E-state index contributed by atoms with van der Waals surface area (Å²) in [4.78, 5) is 12.2. The van der Waals surface area contributed by atoms with Gasteiger partial charge in [0.15, 0.2) is 5.16 Å². The van der Waals surface area contributed by atoms with Gasteiger partial charge in [-0.2, -0.15) is 0 Å². The van der Waals surface area contributed by atoms with E-state index in [0.717, 1.165) is 11.6 Å². The second kappa shape index (κ2) is 8.57. The molecule has 23 heavy (non-hydrogen) atoms. The highest BCUT2D eigenvalue weighted by atomic mass is 32.2. The van der Waals surface area contributed by atoms with Gasteiger partial charge in [0.25, 0.3) is 0 Å². The second-order valence-corrected chi connectivity index (χ2v) is 6.24. The van der Waals surface area contributed by atoms with Gasteiger partial charge < -0.3 is 14.6 Å². The van der Waals surface area contributed by atoms with Gasteiger partial charge in [-0.3, -0.25) is 4.79 Å². The Labute approximate surface area is 140 Å². The quantitative estimate of drug-likeness (QED) is 0.750. The normalized spacial score (nSPS) is 10.8. The fraction of sp³-hybridized carbons (Fsp3) is 0.438. The highest BCUT2D eigenvalue weighted by Gasteiger charge is 2.12. The molecule has 1 aromatic heterocycles. The maximum atomic E-state index is 12.2. The molecule has 0 saturated heterocycles. The molecule has 0 aliphatic rings. The molecule has 2 aromatic rings. The number of para-hydroxylation sites is 2. The molecule has 1 N–H and O–H groups in total. The van der Waals surface area contributed by atoms with Crippen LogP contribution in [0.1, 0.15) is 33.2 Å². The first-order chi connectivity index (χ1) is 11.1. The number of benzene rings is 1. The number of hydrogen-bond donors (Lipinski definition) is 1. The monoisotopic (exact) mass is 334 g/mol. The minimum Gasteiger partial charge on any atom is -0.491 e. The SMILES string of the molecule is CCCOc1ccccc1NC(=O)CSc1nncn1C(C)C. The van der Waals surface area contributed by atoms with Crippen LogP contribution in [0.4, 0.5) is 5.69 Å². The van der Waals surface area contributed by atoms with Crippen molar-refractivity contribution in [2.75, 3.05) is 17.7 Å². The van der Waals surface area contributed by atoms with Crippen LogP contribution in [0.15, 0.2) is 35.7 Å². The molecule has 1 amide bonds. The van der Waals surface area contributed by atoms with Crippen molar-refractivity contribution in [2.24, 2.45) is 0 Å². The molecule has 6 nitrogen and oxygen atoms in total. The lowest BCUT2D eigenvalue weighted by atomic mass is 10.3. The Hall–Kier alpha value is -2.02. The zero-order valence-corrected chi connectivity index (χ0v) is 14.5. The van der Waals surface area contributed by atoms with E-state index in [1.165, 1.54) is 11.8 Å². The number of carbonyl (C=O) groups is 1. The molecule has 0 unspecified atom stereocenters. The molecule has 0 saturated carbocycles. The van der Waals surface area contributed by atoms with Gasteiger partial charge in [0, 0.05) is 6.04 Å². The smallest absolute Gasteiger partial charge is 0.234 e. The van der Waals surface area contributed by atoms with Crippen LogP contribution in [0.3, 0.4) is 0 Å². The number of carbonyl (C=O) groups excluding carboxylic acids is 1. The van der Waals surface area contributed by atoms with Gasteiger partial charge in [0.2, 0.25) is 5.91 Å². The van der Waals surface area contributed by atoms with E-state index in [2.05, 4.69) is 29.4 Å². The Morgan fingerprint density at radius 3 is 2.91 bits per heavy atom. The summed E-state index contributed by atoms with van der Waals surface area (Å²) in [6.45, 7) is 6.77. The number of ether oxygens (including phenoxy) is 1. The van der Waals surface area contributed by atoms with E-state index in [0.29, 0.717) is 18.0 Å². The standard InChI is InChI=1S/C16H22N4O2S/c1-4-9-22-14-8-6-5-7-13(14)18-15(21)10-23-16-19-17-11-20(16)12(2)3/h5-8,11-12H,4,9-10H2,1-3H3,(H,18,21). The van der Waals surface area contributed by atoms with Crippen molar-refractivity contribution < 1.29 is 9.53 Å². The fourth-order valence-corrected chi connectivity index (χ4v) is 2.76. The summed E-state index contributed by atoms with van der Waals surface area (Å²) in [5, 5.41) is 11.6. The molecule has 1 heterocycles. The number of hydrogen-bond acceptors (Lipinski definition) is 5. The Kier molecular flexibility index (Phi) is 6.46. The van der Waals surface area contributed by atoms with Crippen LogP contribution in [0.5, 0.6) is 5.75 Å². The second-order valence-electron chi connectivity index (χ2n) is 5.30. The van der Waals surface area contributed by atoms with Crippen molar-refractivity contribution in [3.8, 4) is 5.75 Å². The number of amides is 1. The third-order valence-corrected chi connectivity index (χ3v) is 4.01. The van der Waals surface area contributed by atoms with Crippen LogP contribution >= 0.6 is 11.8 Å². The van der Waals surface area contributed by atoms with Crippen LogP contribution in [0.25, 0.3) is 0 Å². The Bertz CT molecular complexity index is 643. The van der Waals surface area contributed by atoms with Crippen LogP contribution < -0.4 is 10.1 Å². The van der Waals surface area contributed by atoms with Crippen molar-refractivity contribution in [3.63, 3.8) is 0 Å². The van der Waals surface area contributed by atoms with Crippen molar-refractivity contribution in [1.29, 1.82) is 0 Å². The highest BCUT2D eigenvalue weighted by Crippen LogP contribution is 2.25. The number of rotatable bonds is 8. The van der Waals surface area contributed by atoms with Crippen molar-refractivity contribution in [2.45, 2.75) is 38.4 Å². The third-order valence-electron chi connectivity index (χ3n) is 3.05. The average Bonchev–Trinajstić information content (AvgIpc) is 3.01. The van der Waals surface area contributed by atoms with Crippen LogP contribution in [0.2, 0.25) is 0 Å². The van der Waals surface area contributed by atoms with Crippen molar-refractivity contribution in [3.05, 3.63) is 30.6 Å². The van der Waals surface area contributed by atoms with Gasteiger partial charge in [-0.05, 0) is 32.4 Å². The molecule has 0 aliphatic heterocycles. The van der Waals surface area contributed by atoms with Crippen LogP contribution in [-0.4, -0.2) is 33.0 Å². The van der Waals surface area contributed by atoms with Gasteiger partial charge in [-0.15, -0.1) is 10.2 Å². The Morgan fingerprint density at radius 2 is 2.17 bits per heavy atom. The molecular formula is C16H22N4O2S. The molecule has 124 valence electrons. The first kappa shape index (κ1) is 17.3. The molecule has 0 bridgehead atoms. The fourth-order valence-electron chi connectivity index (χ4n) is 1.91. The van der Waals surface area contributed by atoms with E-state index in [9.17, 15) is 4.79 Å². The van der Waals surface area contributed by atoms with Gasteiger partial charge >= 0.3 is 0 Å². The maximum Gasteiger partial charge on any atom is 0.234 e. The summed E-state index contributed by atoms with van der Waals surface area (Å²) < 4.78 is 7.58. The number of thioether (sulfide) groups is 1. The Balaban J connectivity index is 1.93. The maximum absolute atomic E-state index is 12.2. The summed E-state index contributed by atoms with van der Waals surface area (Å²) >= 11 is 1.37.